The third kappa shape index (κ3) is 4.02. The fraction of sp³-hybridized carbons (Fsp3) is 0.412. The summed E-state index contributed by atoms with van der Waals surface area (Å²) in [5.74, 6) is 0. The molecule has 0 radical (unpaired) electrons. The summed E-state index contributed by atoms with van der Waals surface area (Å²) in [5.41, 5.74) is 3.76. The maximum atomic E-state index is 12.1. The summed E-state index contributed by atoms with van der Waals surface area (Å²) in [6, 6.07) is 10.2. The van der Waals surface area contributed by atoms with Gasteiger partial charge in [-0.05, 0) is 18.1 Å². The highest BCUT2D eigenvalue weighted by atomic mass is 16.5. The van der Waals surface area contributed by atoms with E-state index in [1.165, 1.54) is 10.2 Å². The molecule has 0 aliphatic heterocycles. The van der Waals surface area contributed by atoms with E-state index < -0.39 is 0 Å². The first-order valence-corrected chi connectivity index (χ1v) is 7.52. The molecule has 2 rings (SSSR count). The topological polar surface area (TPSA) is 56.1 Å². The Labute approximate surface area is 130 Å². The number of ether oxygens (including phenoxy) is 1. The third-order valence-electron chi connectivity index (χ3n) is 3.59. The minimum atomic E-state index is -0.0705. The summed E-state index contributed by atoms with van der Waals surface area (Å²) in [5, 5.41) is 7.56. The van der Waals surface area contributed by atoms with E-state index in [4.69, 9.17) is 4.74 Å². The van der Waals surface area contributed by atoms with Gasteiger partial charge in [0.2, 0.25) is 0 Å². The number of nitrogens with one attached hydrogen (secondary N) is 1. The molecule has 0 fully saturated rings. The van der Waals surface area contributed by atoms with Gasteiger partial charge in [-0.3, -0.25) is 4.79 Å². The van der Waals surface area contributed by atoms with Crippen LogP contribution in [-0.4, -0.2) is 30.0 Å². The van der Waals surface area contributed by atoms with Crippen molar-refractivity contribution in [1.29, 1.82) is 0 Å². The van der Waals surface area contributed by atoms with E-state index in [1.54, 1.807) is 14.2 Å². The summed E-state index contributed by atoms with van der Waals surface area (Å²) >= 11 is 0. The highest BCUT2D eigenvalue weighted by Crippen LogP contribution is 2.17. The van der Waals surface area contributed by atoms with Gasteiger partial charge in [-0.15, -0.1) is 0 Å². The summed E-state index contributed by atoms with van der Waals surface area (Å²) in [6.45, 7) is 3.97. The molecule has 0 saturated carbocycles. The zero-order chi connectivity index (χ0) is 15.9. The van der Waals surface area contributed by atoms with Crippen molar-refractivity contribution >= 4 is 0 Å². The Balaban J connectivity index is 2.24. The number of benzene rings is 1. The summed E-state index contributed by atoms with van der Waals surface area (Å²) < 4.78 is 6.39. The Bertz CT molecular complexity index is 663. The van der Waals surface area contributed by atoms with Crippen LogP contribution in [0.1, 0.15) is 18.1 Å². The van der Waals surface area contributed by atoms with Crippen molar-refractivity contribution < 1.29 is 4.74 Å². The van der Waals surface area contributed by atoms with Crippen LogP contribution in [0.2, 0.25) is 0 Å². The molecule has 1 aromatic heterocycles. The quantitative estimate of drug-likeness (QED) is 0.792. The van der Waals surface area contributed by atoms with Crippen molar-refractivity contribution in [2.75, 3.05) is 20.3 Å². The van der Waals surface area contributed by atoms with Gasteiger partial charge in [-0.1, -0.05) is 31.2 Å². The van der Waals surface area contributed by atoms with Crippen LogP contribution in [0.3, 0.4) is 0 Å². The molecule has 0 bridgehead atoms. The van der Waals surface area contributed by atoms with Gasteiger partial charge in [0.1, 0.15) is 0 Å². The van der Waals surface area contributed by atoms with E-state index in [0.29, 0.717) is 25.3 Å². The highest BCUT2D eigenvalue weighted by molar-refractivity contribution is 5.59. The van der Waals surface area contributed by atoms with Crippen molar-refractivity contribution in [2.45, 2.75) is 19.9 Å². The van der Waals surface area contributed by atoms with Crippen LogP contribution >= 0.6 is 0 Å². The molecule has 0 unspecified atom stereocenters. The number of hydrogen-bond donors (Lipinski definition) is 1. The summed E-state index contributed by atoms with van der Waals surface area (Å²) in [7, 11) is 3.34. The Kier molecular flexibility index (Phi) is 5.86. The Morgan fingerprint density at radius 3 is 2.64 bits per heavy atom. The van der Waals surface area contributed by atoms with E-state index in [-0.39, 0.29) is 5.56 Å². The van der Waals surface area contributed by atoms with Crippen LogP contribution in [0.4, 0.5) is 0 Å². The van der Waals surface area contributed by atoms with Crippen LogP contribution < -0.4 is 10.9 Å². The fourth-order valence-electron chi connectivity index (χ4n) is 2.25. The van der Waals surface area contributed by atoms with Gasteiger partial charge in [0.15, 0.2) is 0 Å². The molecule has 0 amide bonds. The number of aryl methyl sites for hydroxylation is 2. The van der Waals surface area contributed by atoms with E-state index in [9.17, 15) is 4.79 Å². The molecular formula is C17H23N3O2. The second kappa shape index (κ2) is 7.87. The minimum absolute atomic E-state index is 0.0705. The largest absolute Gasteiger partial charge is 0.383 e. The Hall–Kier alpha value is -1.98. The SMILES string of the molecule is CCc1ccc(-c2cc(CNCCOC)c(=O)n(C)n2)cc1. The van der Waals surface area contributed by atoms with Crippen LogP contribution in [0.5, 0.6) is 0 Å². The van der Waals surface area contributed by atoms with Crippen molar-refractivity contribution in [3.05, 3.63) is 51.8 Å². The van der Waals surface area contributed by atoms with Gasteiger partial charge in [0, 0.05) is 38.4 Å². The molecule has 118 valence electrons. The molecule has 1 aromatic carbocycles. The first-order chi connectivity index (χ1) is 10.7. The molecule has 2 aromatic rings. The lowest BCUT2D eigenvalue weighted by atomic mass is 10.1. The number of rotatable bonds is 7. The second-order valence-corrected chi connectivity index (χ2v) is 5.20. The van der Waals surface area contributed by atoms with Crippen molar-refractivity contribution in [3.63, 3.8) is 0 Å². The lowest BCUT2D eigenvalue weighted by molar-refractivity contribution is 0.199. The summed E-state index contributed by atoms with van der Waals surface area (Å²) in [6.07, 6.45) is 1.01. The summed E-state index contributed by atoms with van der Waals surface area (Å²) in [4.78, 5) is 12.1. The second-order valence-electron chi connectivity index (χ2n) is 5.20. The van der Waals surface area contributed by atoms with E-state index in [1.807, 2.05) is 18.2 Å². The van der Waals surface area contributed by atoms with Crippen LogP contribution in [0.15, 0.2) is 35.1 Å². The molecule has 0 aliphatic rings. The smallest absolute Gasteiger partial charge is 0.271 e. The Morgan fingerprint density at radius 1 is 1.27 bits per heavy atom. The van der Waals surface area contributed by atoms with Gasteiger partial charge in [-0.2, -0.15) is 5.10 Å². The van der Waals surface area contributed by atoms with Crippen molar-refractivity contribution in [1.82, 2.24) is 15.1 Å². The lowest BCUT2D eigenvalue weighted by Gasteiger charge is -2.09. The zero-order valence-electron chi connectivity index (χ0n) is 13.4. The molecule has 0 saturated heterocycles. The first kappa shape index (κ1) is 16.4. The molecular weight excluding hydrogens is 278 g/mol. The molecule has 5 heteroatoms. The molecule has 0 spiro atoms. The molecule has 1 heterocycles. The van der Waals surface area contributed by atoms with Crippen molar-refractivity contribution in [3.8, 4) is 11.3 Å². The van der Waals surface area contributed by atoms with Crippen LogP contribution in [-0.2, 0) is 24.8 Å². The predicted molar refractivity (Wildman–Crippen MR) is 87.9 cm³/mol. The molecule has 5 nitrogen and oxygen atoms in total. The lowest BCUT2D eigenvalue weighted by Crippen LogP contribution is -2.28. The van der Waals surface area contributed by atoms with Crippen LogP contribution in [0.25, 0.3) is 11.3 Å². The normalized spacial score (nSPS) is 10.9. The minimum Gasteiger partial charge on any atom is -0.383 e. The monoisotopic (exact) mass is 301 g/mol. The molecule has 0 atom stereocenters. The highest BCUT2D eigenvalue weighted by Gasteiger charge is 2.08. The number of methoxy groups -OCH3 is 1. The fourth-order valence-corrected chi connectivity index (χ4v) is 2.25. The maximum Gasteiger partial charge on any atom is 0.271 e. The van der Waals surface area contributed by atoms with Gasteiger partial charge in [0.25, 0.3) is 5.56 Å². The van der Waals surface area contributed by atoms with Crippen LogP contribution in [0, 0.1) is 0 Å². The number of aromatic nitrogens is 2. The van der Waals surface area contributed by atoms with E-state index in [0.717, 1.165) is 17.7 Å². The zero-order valence-corrected chi connectivity index (χ0v) is 13.4. The molecule has 1 N–H and O–H groups in total. The molecule has 22 heavy (non-hydrogen) atoms. The maximum absolute atomic E-state index is 12.1. The molecule has 0 aliphatic carbocycles. The first-order valence-electron chi connectivity index (χ1n) is 7.52. The third-order valence-corrected chi connectivity index (χ3v) is 3.59. The van der Waals surface area contributed by atoms with Gasteiger partial charge in [0.05, 0.1) is 12.3 Å². The van der Waals surface area contributed by atoms with Crippen molar-refractivity contribution in [2.24, 2.45) is 7.05 Å². The van der Waals surface area contributed by atoms with E-state index in [2.05, 4.69) is 29.5 Å². The predicted octanol–water partition coefficient (Wildman–Crippen LogP) is 1.75. The Morgan fingerprint density at radius 2 is 2.00 bits per heavy atom. The van der Waals surface area contributed by atoms with Gasteiger partial charge < -0.3 is 10.1 Å². The van der Waals surface area contributed by atoms with Gasteiger partial charge in [-0.25, -0.2) is 4.68 Å². The van der Waals surface area contributed by atoms with E-state index >= 15 is 0 Å². The number of nitrogens with zero attached hydrogens (tertiary/aromatic N) is 2. The average Bonchev–Trinajstić information content (AvgIpc) is 2.55. The number of hydrogen-bond acceptors (Lipinski definition) is 4. The standard InChI is InChI=1S/C17H23N3O2/c1-4-13-5-7-14(8-6-13)16-11-15(12-18-9-10-22-3)17(21)20(2)19-16/h5-8,11,18H,4,9-10,12H2,1-3H3. The van der Waals surface area contributed by atoms with Gasteiger partial charge >= 0.3 is 0 Å². The average molecular weight is 301 g/mol.